The maximum Gasteiger partial charge on any atom is 0.237 e. The molecule has 2 aliphatic rings. The minimum absolute atomic E-state index is 0. The molecule has 16 heavy (non-hydrogen) atoms. The summed E-state index contributed by atoms with van der Waals surface area (Å²) in [5.41, 5.74) is 0.439. The highest BCUT2D eigenvalue weighted by Gasteiger charge is 2.35. The molecule has 94 valence electrons. The van der Waals surface area contributed by atoms with Crippen LogP contribution in [0.5, 0.6) is 0 Å². The summed E-state index contributed by atoms with van der Waals surface area (Å²) in [6, 6.07) is 0.0824. The van der Waals surface area contributed by atoms with Gasteiger partial charge in [-0.25, -0.2) is 0 Å². The van der Waals surface area contributed by atoms with E-state index in [0.717, 1.165) is 25.9 Å². The number of amides is 1. The van der Waals surface area contributed by atoms with E-state index in [9.17, 15) is 4.79 Å². The van der Waals surface area contributed by atoms with Gasteiger partial charge in [0, 0.05) is 6.54 Å². The third-order valence-electron chi connectivity index (χ3n) is 4.18. The number of carbonyl (C=O) groups is 1. The molecular weight excluding hydrogens is 224 g/mol. The number of halogens is 1. The molecular formula is C12H23ClN2O. The Morgan fingerprint density at radius 3 is 2.62 bits per heavy atom. The lowest BCUT2D eigenvalue weighted by atomic mass is 9.67. The van der Waals surface area contributed by atoms with Crippen molar-refractivity contribution in [2.75, 3.05) is 13.1 Å². The van der Waals surface area contributed by atoms with E-state index in [1.165, 1.54) is 25.7 Å². The first kappa shape index (κ1) is 13.8. The lowest BCUT2D eigenvalue weighted by Crippen LogP contribution is -2.47. The molecule has 1 saturated heterocycles. The number of nitrogens with one attached hydrogen (secondary N) is 2. The van der Waals surface area contributed by atoms with Gasteiger partial charge in [0.1, 0.15) is 0 Å². The average Bonchev–Trinajstić information content (AvgIpc) is 2.69. The summed E-state index contributed by atoms with van der Waals surface area (Å²) in [7, 11) is 0. The summed E-state index contributed by atoms with van der Waals surface area (Å²) in [6.07, 6.45) is 7.27. The number of hydrogen-bond donors (Lipinski definition) is 2. The van der Waals surface area contributed by atoms with Gasteiger partial charge in [0.25, 0.3) is 0 Å². The molecule has 1 unspecified atom stereocenters. The minimum Gasteiger partial charge on any atom is -0.354 e. The predicted molar refractivity (Wildman–Crippen MR) is 67.9 cm³/mol. The third kappa shape index (κ3) is 2.89. The van der Waals surface area contributed by atoms with Crippen LogP contribution in [-0.4, -0.2) is 25.0 Å². The summed E-state index contributed by atoms with van der Waals surface area (Å²) in [5.74, 6) is 0.215. The highest BCUT2D eigenvalue weighted by atomic mass is 35.5. The minimum atomic E-state index is 0. The van der Waals surface area contributed by atoms with Crippen molar-refractivity contribution in [2.45, 2.75) is 51.5 Å². The zero-order valence-electron chi connectivity index (χ0n) is 10.1. The van der Waals surface area contributed by atoms with Crippen molar-refractivity contribution >= 4 is 18.3 Å². The molecule has 4 heteroatoms. The molecule has 0 aromatic carbocycles. The molecule has 2 rings (SSSR count). The Morgan fingerprint density at radius 1 is 1.44 bits per heavy atom. The smallest absolute Gasteiger partial charge is 0.237 e. The molecule has 0 radical (unpaired) electrons. The Morgan fingerprint density at radius 2 is 2.19 bits per heavy atom. The fourth-order valence-electron chi connectivity index (χ4n) is 2.64. The fourth-order valence-corrected chi connectivity index (χ4v) is 2.64. The second-order valence-electron chi connectivity index (χ2n) is 5.07. The van der Waals surface area contributed by atoms with Crippen LogP contribution in [-0.2, 0) is 4.79 Å². The first-order valence-electron chi connectivity index (χ1n) is 6.27. The van der Waals surface area contributed by atoms with Gasteiger partial charge in [0.05, 0.1) is 6.04 Å². The SMILES string of the molecule is CCC1(CNC(=O)C2CCCN2)CCC1.Cl. The van der Waals surface area contributed by atoms with Crippen LogP contribution in [0.25, 0.3) is 0 Å². The van der Waals surface area contributed by atoms with Crippen LogP contribution in [0.3, 0.4) is 0 Å². The zero-order valence-corrected chi connectivity index (χ0v) is 10.9. The van der Waals surface area contributed by atoms with Gasteiger partial charge < -0.3 is 10.6 Å². The Balaban J connectivity index is 0.00000128. The summed E-state index contributed by atoms with van der Waals surface area (Å²) >= 11 is 0. The molecule has 0 spiro atoms. The van der Waals surface area contributed by atoms with Crippen molar-refractivity contribution in [3.63, 3.8) is 0 Å². The van der Waals surface area contributed by atoms with Crippen LogP contribution in [0, 0.1) is 5.41 Å². The molecule has 1 saturated carbocycles. The number of carbonyl (C=O) groups excluding carboxylic acids is 1. The molecule has 1 aliphatic heterocycles. The van der Waals surface area contributed by atoms with Gasteiger partial charge in [-0.05, 0) is 44.1 Å². The lowest BCUT2D eigenvalue weighted by Gasteiger charge is -2.41. The summed E-state index contributed by atoms with van der Waals surface area (Å²) in [5, 5.41) is 6.35. The van der Waals surface area contributed by atoms with E-state index in [4.69, 9.17) is 0 Å². The number of hydrogen-bond acceptors (Lipinski definition) is 2. The molecule has 3 nitrogen and oxygen atoms in total. The Bertz CT molecular complexity index is 230. The molecule has 0 bridgehead atoms. The summed E-state index contributed by atoms with van der Waals surface area (Å²) < 4.78 is 0. The molecule has 1 aliphatic carbocycles. The van der Waals surface area contributed by atoms with Gasteiger partial charge in [0.2, 0.25) is 5.91 Å². The van der Waals surface area contributed by atoms with Gasteiger partial charge >= 0.3 is 0 Å². The van der Waals surface area contributed by atoms with E-state index in [-0.39, 0.29) is 24.4 Å². The Kier molecular flexibility index (Phi) is 5.06. The Labute approximate surface area is 104 Å². The number of rotatable bonds is 4. The van der Waals surface area contributed by atoms with Gasteiger partial charge in [-0.2, -0.15) is 0 Å². The maximum atomic E-state index is 11.8. The standard InChI is InChI=1S/C12H22N2O.ClH/c1-2-12(6-4-7-12)9-14-11(15)10-5-3-8-13-10;/h10,13H,2-9H2,1H3,(H,14,15);1H. The molecule has 1 atom stereocenters. The largest absolute Gasteiger partial charge is 0.354 e. The third-order valence-corrected chi connectivity index (χ3v) is 4.18. The molecule has 2 N–H and O–H groups in total. The molecule has 2 fully saturated rings. The van der Waals surface area contributed by atoms with Crippen LogP contribution < -0.4 is 10.6 Å². The van der Waals surface area contributed by atoms with Crippen molar-refractivity contribution < 1.29 is 4.79 Å². The molecule has 0 aromatic heterocycles. The molecule has 1 heterocycles. The van der Waals surface area contributed by atoms with E-state index in [1.807, 2.05) is 0 Å². The van der Waals surface area contributed by atoms with Crippen LogP contribution >= 0.6 is 12.4 Å². The highest BCUT2D eigenvalue weighted by molar-refractivity contribution is 5.85. The van der Waals surface area contributed by atoms with Crippen LogP contribution in [0.15, 0.2) is 0 Å². The van der Waals surface area contributed by atoms with Gasteiger partial charge in [-0.3, -0.25) is 4.79 Å². The van der Waals surface area contributed by atoms with E-state index < -0.39 is 0 Å². The van der Waals surface area contributed by atoms with Crippen LogP contribution in [0.2, 0.25) is 0 Å². The fraction of sp³-hybridized carbons (Fsp3) is 0.917. The van der Waals surface area contributed by atoms with Crippen molar-refractivity contribution in [1.29, 1.82) is 0 Å². The topological polar surface area (TPSA) is 41.1 Å². The Hall–Kier alpha value is -0.280. The monoisotopic (exact) mass is 246 g/mol. The van der Waals surface area contributed by atoms with Crippen molar-refractivity contribution in [3.05, 3.63) is 0 Å². The second-order valence-corrected chi connectivity index (χ2v) is 5.07. The van der Waals surface area contributed by atoms with Gasteiger partial charge in [0.15, 0.2) is 0 Å². The molecule has 1 amide bonds. The quantitative estimate of drug-likeness (QED) is 0.795. The predicted octanol–water partition coefficient (Wildman–Crippen LogP) is 1.86. The second kappa shape index (κ2) is 5.87. The maximum absolute atomic E-state index is 11.8. The summed E-state index contributed by atoms with van der Waals surface area (Å²) in [6.45, 7) is 4.12. The first-order valence-corrected chi connectivity index (χ1v) is 6.27. The summed E-state index contributed by atoms with van der Waals surface area (Å²) in [4.78, 5) is 11.8. The average molecular weight is 247 g/mol. The molecule has 0 aromatic rings. The van der Waals surface area contributed by atoms with Crippen molar-refractivity contribution in [2.24, 2.45) is 5.41 Å². The normalized spacial score (nSPS) is 26.7. The van der Waals surface area contributed by atoms with E-state index in [0.29, 0.717) is 5.41 Å². The van der Waals surface area contributed by atoms with E-state index in [2.05, 4.69) is 17.6 Å². The van der Waals surface area contributed by atoms with E-state index in [1.54, 1.807) is 0 Å². The highest BCUT2D eigenvalue weighted by Crippen LogP contribution is 2.43. The van der Waals surface area contributed by atoms with Gasteiger partial charge in [-0.15, -0.1) is 12.4 Å². The van der Waals surface area contributed by atoms with Crippen molar-refractivity contribution in [3.8, 4) is 0 Å². The van der Waals surface area contributed by atoms with Gasteiger partial charge in [-0.1, -0.05) is 13.3 Å². The van der Waals surface area contributed by atoms with E-state index >= 15 is 0 Å². The van der Waals surface area contributed by atoms with Crippen LogP contribution in [0.4, 0.5) is 0 Å². The zero-order chi connectivity index (χ0) is 10.7. The first-order chi connectivity index (χ1) is 7.26. The van der Waals surface area contributed by atoms with Crippen molar-refractivity contribution in [1.82, 2.24) is 10.6 Å². The lowest BCUT2D eigenvalue weighted by molar-refractivity contribution is -0.123. The van der Waals surface area contributed by atoms with Crippen LogP contribution in [0.1, 0.15) is 45.4 Å².